The summed E-state index contributed by atoms with van der Waals surface area (Å²) >= 11 is 0. The molecule has 2 heteroatoms. The van der Waals surface area contributed by atoms with Crippen molar-refractivity contribution in [3.63, 3.8) is 0 Å². The van der Waals surface area contributed by atoms with Crippen molar-refractivity contribution in [3.8, 4) is 0 Å². The van der Waals surface area contributed by atoms with Crippen molar-refractivity contribution in [3.05, 3.63) is 0 Å². The molecular weight excluding hydrogens is 210 g/mol. The Labute approximate surface area is 108 Å². The smallest absolute Gasteiger partial charge is 0.0587 e. The van der Waals surface area contributed by atoms with Crippen LogP contribution in [0, 0.1) is 16.7 Å². The lowest BCUT2D eigenvalue weighted by molar-refractivity contribution is 0.198. The van der Waals surface area contributed by atoms with Crippen LogP contribution in [0.3, 0.4) is 0 Å². The largest absolute Gasteiger partial charge is 0.383 e. The normalized spacial score (nSPS) is 24.9. The Morgan fingerprint density at radius 2 is 1.71 bits per heavy atom. The Balaban J connectivity index is 2.48. The highest BCUT2D eigenvalue weighted by Crippen LogP contribution is 2.72. The second-order valence-corrected chi connectivity index (χ2v) is 6.13. The molecule has 0 aromatic heterocycles. The first-order valence-corrected chi connectivity index (χ1v) is 7.26. The van der Waals surface area contributed by atoms with Crippen LogP contribution in [0.2, 0.25) is 0 Å². The van der Waals surface area contributed by atoms with E-state index in [4.69, 9.17) is 4.74 Å². The number of ether oxygens (including phenoxy) is 1. The first-order chi connectivity index (χ1) is 8.06. The summed E-state index contributed by atoms with van der Waals surface area (Å²) in [6.07, 6.45) is 5.42. The van der Waals surface area contributed by atoms with Gasteiger partial charge in [-0.15, -0.1) is 0 Å². The number of nitrogens with one attached hydrogen (secondary N) is 1. The monoisotopic (exact) mass is 241 g/mol. The average Bonchev–Trinajstić information content (AvgIpc) is 2.71. The maximum Gasteiger partial charge on any atom is 0.0587 e. The molecule has 0 radical (unpaired) electrons. The maximum atomic E-state index is 5.08. The Hall–Kier alpha value is -0.0800. The predicted octanol–water partition coefficient (Wildman–Crippen LogP) is 3.47. The van der Waals surface area contributed by atoms with Gasteiger partial charge < -0.3 is 10.1 Å². The fourth-order valence-corrected chi connectivity index (χ4v) is 3.94. The van der Waals surface area contributed by atoms with Gasteiger partial charge in [-0.1, -0.05) is 40.5 Å². The maximum absolute atomic E-state index is 5.08. The third-order valence-electron chi connectivity index (χ3n) is 4.96. The lowest BCUT2D eigenvalue weighted by Gasteiger charge is -2.19. The fourth-order valence-electron chi connectivity index (χ4n) is 3.94. The molecule has 0 saturated heterocycles. The van der Waals surface area contributed by atoms with Crippen molar-refractivity contribution in [1.82, 2.24) is 5.32 Å². The van der Waals surface area contributed by atoms with E-state index in [1.54, 1.807) is 7.11 Å². The van der Waals surface area contributed by atoms with Crippen LogP contribution in [0.1, 0.15) is 53.4 Å². The number of rotatable bonds is 9. The molecule has 1 rings (SSSR count). The Morgan fingerprint density at radius 3 is 2.18 bits per heavy atom. The summed E-state index contributed by atoms with van der Waals surface area (Å²) in [5.74, 6) is 0.853. The van der Waals surface area contributed by atoms with Crippen LogP contribution >= 0.6 is 0 Å². The minimum absolute atomic E-state index is 0.527. The summed E-state index contributed by atoms with van der Waals surface area (Å²) < 4.78 is 5.08. The van der Waals surface area contributed by atoms with Gasteiger partial charge in [0, 0.05) is 13.7 Å². The topological polar surface area (TPSA) is 21.3 Å². The number of hydrogen-bond acceptors (Lipinski definition) is 2. The van der Waals surface area contributed by atoms with Crippen LogP contribution in [0.4, 0.5) is 0 Å². The highest BCUT2D eigenvalue weighted by atomic mass is 16.5. The first kappa shape index (κ1) is 15.0. The van der Waals surface area contributed by atoms with Crippen molar-refractivity contribution in [2.24, 2.45) is 16.7 Å². The van der Waals surface area contributed by atoms with E-state index in [1.807, 2.05) is 0 Å². The van der Waals surface area contributed by atoms with Gasteiger partial charge in [0.25, 0.3) is 0 Å². The van der Waals surface area contributed by atoms with Gasteiger partial charge in [-0.3, -0.25) is 0 Å². The summed E-state index contributed by atoms with van der Waals surface area (Å²) in [5.41, 5.74) is 1.13. The van der Waals surface area contributed by atoms with Gasteiger partial charge in [0.15, 0.2) is 0 Å². The minimum atomic E-state index is 0.527. The zero-order valence-corrected chi connectivity index (χ0v) is 12.4. The van der Waals surface area contributed by atoms with Gasteiger partial charge in [0.1, 0.15) is 0 Å². The molecule has 0 aliphatic heterocycles. The highest BCUT2D eigenvalue weighted by Gasteiger charge is 2.68. The predicted molar refractivity (Wildman–Crippen MR) is 74.3 cm³/mol. The summed E-state index contributed by atoms with van der Waals surface area (Å²) in [4.78, 5) is 0. The van der Waals surface area contributed by atoms with E-state index in [9.17, 15) is 0 Å². The van der Waals surface area contributed by atoms with Crippen molar-refractivity contribution in [2.45, 2.75) is 53.4 Å². The molecule has 0 aromatic rings. The standard InChI is InChI=1S/C15H31NO/c1-6-8-15(9-7-2)13(14(15,3)4)12-16-10-11-17-5/h13,16H,6-12H2,1-5H3. The molecule has 1 aliphatic rings. The van der Waals surface area contributed by atoms with E-state index in [0.717, 1.165) is 25.6 Å². The molecule has 0 spiro atoms. The van der Waals surface area contributed by atoms with E-state index < -0.39 is 0 Å². The molecule has 1 atom stereocenters. The van der Waals surface area contributed by atoms with Crippen molar-refractivity contribution in [2.75, 3.05) is 26.8 Å². The van der Waals surface area contributed by atoms with Gasteiger partial charge in [0.2, 0.25) is 0 Å². The molecule has 0 aromatic carbocycles. The Bertz CT molecular complexity index is 219. The molecule has 2 nitrogen and oxygen atoms in total. The molecule has 17 heavy (non-hydrogen) atoms. The second kappa shape index (κ2) is 6.19. The Morgan fingerprint density at radius 1 is 1.12 bits per heavy atom. The summed E-state index contributed by atoms with van der Waals surface area (Å²) in [6.45, 7) is 12.5. The molecule has 1 unspecified atom stereocenters. The van der Waals surface area contributed by atoms with Crippen LogP contribution in [-0.2, 0) is 4.74 Å². The molecule has 0 bridgehead atoms. The van der Waals surface area contributed by atoms with Gasteiger partial charge in [-0.2, -0.15) is 0 Å². The third kappa shape index (κ3) is 2.85. The van der Waals surface area contributed by atoms with Crippen LogP contribution in [0.5, 0.6) is 0 Å². The molecule has 0 amide bonds. The second-order valence-electron chi connectivity index (χ2n) is 6.13. The average molecular weight is 241 g/mol. The van der Waals surface area contributed by atoms with Crippen LogP contribution in [0.15, 0.2) is 0 Å². The van der Waals surface area contributed by atoms with Crippen LogP contribution in [-0.4, -0.2) is 26.8 Å². The first-order valence-electron chi connectivity index (χ1n) is 7.26. The third-order valence-corrected chi connectivity index (χ3v) is 4.96. The van der Waals surface area contributed by atoms with Crippen molar-refractivity contribution in [1.29, 1.82) is 0 Å². The van der Waals surface area contributed by atoms with Gasteiger partial charge in [-0.05, 0) is 36.1 Å². The van der Waals surface area contributed by atoms with Gasteiger partial charge in [-0.25, -0.2) is 0 Å². The van der Waals surface area contributed by atoms with E-state index in [-0.39, 0.29) is 0 Å². The fraction of sp³-hybridized carbons (Fsp3) is 1.00. The summed E-state index contributed by atoms with van der Waals surface area (Å²) in [6, 6.07) is 0. The molecule has 1 aliphatic carbocycles. The lowest BCUT2D eigenvalue weighted by Crippen LogP contribution is -2.23. The lowest BCUT2D eigenvalue weighted by atomic mass is 9.86. The zero-order valence-electron chi connectivity index (χ0n) is 12.4. The molecule has 1 saturated carbocycles. The van der Waals surface area contributed by atoms with Gasteiger partial charge in [0.05, 0.1) is 6.61 Å². The number of hydrogen-bond donors (Lipinski definition) is 1. The molecule has 1 N–H and O–H groups in total. The molecule has 0 heterocycles. The van der Waals surface area contributed by atoms with Crippen molar-refractivity contribution < 1.29 is 4.74 Å². The zero-order chi connectivity index (χ0) is 12.9. The Kier molecular flexibility index (Phi) is 5.46. The number of methoxy groups -OCH3 is 1. The summed E-state index contributed by atoms with van der Waals surface area (Å²) in [7, 11) is 1.77. The molecular formula is C15H31NO. The molecule has 102 valence electrons. The highest BCUT2D eigenvalue weighted by molar-refractivity contribution is 5.17. The molecule has 1 fully saturated rings. The van der Waals surface area contributed by atoms with Crippen LogP contribution < -0.4 is 5.32 Å². The van der Waals surface area contributed by atoms with E-state index in [0.29, 0.717) is 10.8 Å². The van der Waals surface area contributed by atoms with Crippen LogP contribution in [0.25, 0.3) is 0 Å². The van der Waals surface area contributed by atoms with Crippen molar-refractivity contribution >= 4 is 0 Å². The summed E-state index contributed by atoms with van der Waals surface area (Å²) in [5, 5.41) is 3.55. The van der Waals surface area contributed by atoms with Gasteiger partial charge >= 0.3 is 0 Å². The minimum Gasteiger partial charge on any atom is -0.383 e. The van der Waals surface area contributed by atoms with E-state index in [1.165, 1.54) is 25.7 Å². The van der Waals surface area contributed by atoms with E-state index in [2.05, 4.69) is 33.0 Å². The SMILES string of the molecule is CCCC1(CCC)C(CNCCOC)C1(C)C. The quantitative estimate of drug-likeness (QED) is 0.624. The van der Waals surface area contributed by atoms with E-state index >= 15 is 0 Å².